The highest BCUT2D eigenvalue weighted by Gasteiger charge is 2.06. The van der Waals surface area contributed by atoms with Crippen LogP contribution < -0.4 is 10.4 Å². The van der Waals surface area contributed by atoms with Crippen molar-refractivity contribution in [3.05, 3.63) is 40.2 Å². The van der Waals surface area contributed by atoms with Crippen molar-refractivity contribution in [1.29, 1.82) is 0 Å². The van der Waals surface area contributed by atoms with Gasteiger partial charge in [-0.1, -0.05) is 0 Å². The van der Waals surface area contributed by atoms with E-state index in [0.29, 0.717) is 16.9 Å². The predicted octanol–water partition coefficient (Wildman–Crippen LogP) is 1.29. The van der Waals surface area contributed by atoms with E-state index in [1.165, 1.54) is 13.2 Å². The Morgan fingerprint density at radius 1 is 1.40 bits per heavy atom. The molecule has 0 saturated heterocycles. The van der Waals surface area contributed by atoms with Gasteiger partial charge in [0.1, 0.15) is 11.3 Å². The molecule has 0 amide bonds. The number of hydrogen-bond donors (Lipinski definition) is 1. The lowest BCUT2D eigenvalue weighted by atomic mass is 10.1. The zero-order valence-corrected chi connectivity index (χ0v) is 8.19. The smallest absolute Gasteiger partial charge is 0.336 e. The van der Waals surface area contributed by atoms with Crippen molar-refractivity contribution in [3.63, 3.8) is 0 Å². The third-order valence-corrected chi connectivity index (χ3v) is 2.19. The Labute approximate surface area is 85.7 Å². The van der Waals surface area contributed by atoms with E-state index in [-0.39, 0.29) is 6.61 Å². The highest BCUT2D eigenvalue weighted by atomic mass is 16.5. The molecular formula is C11H10O4. The molecule has 0 spiro atoms. The summed E-state index contributed by atoms with van der Waals surface area (Å²) in [6.45, 7) is -0.113. The summed E-state index contributed by atoms with van der Waals surface area (Å²) in [4.78, 5) is 11.0. The first-order chi connectivity index (χ1) is 7.24. The summed E-state index contributed by atoms with van der Waals surface area (Å²) >= 11 is 0. The van der Waals surface area contributed by atoms with Gasteiger partial charge in [0.15, 0.2) is 0 Å². The number of hydrogen-bond acceptors (Lipinski definition) is 4. The third-order valence-electron chi connectivity index (χ3n) is 2.19. The number of rotatable bonds is 2. The SMILES string of the molecule is COc1cc2oc(=O)ccc2cc1CO. The molecule has 2 rings (SSSR count). The minimum atomic E-state index is -0.402. The average molecular weight is 206 g/mol. The number of aliphatic hydroxyl groups excluding tert-OH is 1. The van der Waals surface area contributed by atoms with Crippen molar-refractivity contribution in [3.8, 4) is 5.75 Å². The summed E-state index contributed by atoms with van der Waals surface area (Å²) in [5.74, 6) is 0.513. The summed E-state index contributed by atoms with van der Waals surface area (Å²) in [6.07, 6.45) is 0. The summed E-state index contributed by atoms with van der Waals surface area (Å²) in [5, 5.41) is 9.85. The topological polar surface area (TPSA) is 59.7 Å². The fraction of sp³-hybridized carbons (Fsp3) is 0.182. The van der Waals surface area contributed by atoms with Crippen LogP contribution in [0.2, 0.25) is 0 Å². The molecule has 1 heterocycles. The Balaban J connectivity index is 2.75. The molecule has 0 bridgehead atoms. The molecule has 15 heavy (non-hydrogen) atoms. The maximum absolute atomic E-state index is 11.0. The van der Waals surface area contributed by atoms with Gasteiger partial charge in [-0.25, -0.2) is 4.79 Å². The van der Waals surface area contributed by atoms with Crippen LogP contribution in [0.15, 0.2) is 33.5 Å². The average Bonchev–Trinajstić information content (AvgIpc) is 2.27. The molecular weight excluding hydrogens is 196 g/mol. The van der Waals surface area contributed by atoms with Gasteiger partial charge < -0.3 is 14.3 Å². The number of aliphatic hydroxyl groups is 1. The zero-order valence-electron chi connectivity index (χ0n) is 8.19. The number of ether oxygens (including phenoxy) is 1. The Morgan fingerprint density at radius 2 is 2.20 bits per heavy atom. The lowest BCUT2D eigenvalue weighted by Crippen LogP contribution is -1.97. The molecule has 0 unspecified atom stereocenters. The highest BCUT2D eigenvalue weighted by molar-refractivity contribution is 5.79. The van der Waals surface area contributed by atoms with E-state index in [9.17, 15) is 4.79 Å². The molecule has 4 nitrogen and oxygen atoms in total. The molecule has 1 aromatic heterocycles. The van der Waals surface area contributed by atoms with Gasteiger partial charge in [-0.2, -0.15) is 0 Å². The fourth-order valence-electron chi connectivity index (χ4n) is 1.46. The first-order valence-corrected chi connectivity index (χ1v) is 4.46. The van der Waals surface area contributed by atoms with Crippen LogP contribution in [-0.2, 0) is 6.61 Å². The van der Waals surface area contributed by atoms with Gasteiger partial charge in [0, 0.05) is 23.1 Å². The van der Waals surface area contributed by atoms with Crippen LogP contribution in [-0.4, -0.2) is 12.2 Å². The molecule has 1 N–H and O–H groups in total. The molecule has 0 aliphatic rings. The van der Waals surface area contributed by atoms with Crippen LogP contribution >= 0.6 is 0 Å². The van der Waals surface area contributed by atoms with E-state index in [1.54, 1.807) is 18.2 Å². The van der Waals surface area contributed by atoms with E-state index in [0.717, 1.165) is 5.39 Å². The number of benzene rings is 1. The van der Waals surface area contributed by atoms with Crippen molar-refractivity contribution in [1.82, 2.24) is 0 Å². The first-order valence-electron chi connectivity index (χ1n) is 4.46. The van der Waals surface area contributed by atoms with Crippen LogP contribution in [0.4, 0.5) is 0 Å². The van der Waals surface area contributed by atoms with Gasteiger partial charge in [0.05, 0.1) is 13.7 Å². The normalized spacial score (nSPS) is 10.5. The fourth-order valence-corrected chi connectivity index (χ4v) is 1.46. The molecule has 78 valence electrons. The summed E-state index contributed by atoms with van der Waals surface area (Å²) in [5.41, 5.74) is 0.719. The van der Waals surface area contributed by atoms with Gasteiger partial charge in [-0.05, 0) is 12.1 Å². The van der Waals surface area contributed by atoms with Crippen molar-refractivity contribution in [2.24, 2.45) is 0 Å². The summed E-state index contributed by atoms with van der Waals surface area (Å²) in [6, 6.07) is 6.33. The van der Waals surface area contributed by atoms with Gasteiger partial charge in [0.2, 0.25) is 0 Å². The second kappa shape index (κ2) is 3.74. The molecule has 2 aromatic rings. The van der Waals surface area contributed by atoms with Crippen molar-refractivity contribution in [2.45, 2.75) is 6.61 Å². The van der Waals surface area contributed by atoms with E-state index >= 15 is 0 Å². The van der Waals surface area contributed by atoms with Crippen LogP contribution in [0.1, 0.15) is 5.56 Å². The van der Waals surface area contributed by atoms with E-state index < -0.39 is 5.63 Å². The first kappa shape index (κ1) is 9.73. The monoisotopic (exact) mass is 206 g/mol. The van der Waals surface area contributed by atoms with E-state index in [4.69, 9.17) is 14.3 Å². The van der Waals surface area contributed by atoms with Gasteiger partial charge in [-0.3, -0.25) is 0 Å². The third kappa shape index (κ3) is 1.71. The quantitative estimate of drug-likeness (QED) is 0.752. The van der Waals surface area contributed by atoms with E-state index in [1.807, 2.05) is 0 Å². The highest BCUT2D eigenvalue weighted by Crippen LogP contribution is 2.24. The van der Waals surface area contributed by atoms with Crippen molar-refractivity contribution >= 4 is 11.0 Å². The minimum absolute atomic E-state index is 0.113. The Morgan fingerprint density at radius 3 is 2.87 bits per heavy atom. The summed E-state index contributed by atoms with van der Waals surface area (Å²) < 4.78 is 10.0. The second-order valence-corrected chi connectivity index (χ2v) is 3.11. The molecule has 0 atom stereocenters. The maximum atomic E-state index is 11.0. The zero-order chi connectivity index (χ0) is 10.8. The molecule has 0 fully saturated rings. The predicted molar refractivity (Wildman–Crippen MR) is 55.0 cm³/mol. The Bertz CT molecular complexity index is 542. The van der Waals surface area contributed by atoms with E-state index in [2.05, 4.69) is 0 Å². The molecule has 0 aliphatic heterocycles. The molecule has 0 aliphatic carbocycles. The standard InChI is InChI=1S/C11H10O4/c1-14-9-5-10-7(4-8(9)6-12)2-3-11(13)15-10/h2-5,12H,6H2,1H3. The number of methoxy groups -OCH3 is 1. The molecule has 1 aromatic carbocycles. The minimum Gasteiger partial charge on any atom is -0.496 e. The van der Waals surface area contributed by atoms with Gasteiger partial charge >= 0.3 is 5.63 Å². The second-order valence-electron chi connectivity index (χ2n) is 3.11. The van der Waals surface area contributed by atoms with Crippen LogP contribution in [0.3, 0.4) is 0 Å². The van der Waals surface area contributed by atoms with Crippen LogP contribution in [0.5, 0.6) is 5.75 Å². The lowest BCUT2D eigenvalue weighted by Gasteiger charge is -2.06. The van der Waals surface area contributed by atoms with Gasteiger partial charge in [-0.15, -0.1) is 0 Å². The maximum Gasteiger partial charge on any atom is 0.336 e. The van der Waals surface area contributed by atoms with Crippen molar-refractivity contribution in [2.75, 3.05) is 7.11 Å². The Kier molecular flexibility index (Phi) is 2.43. The number of fused-ring (bicyclic) bond motifs is 1. The van der Waals surface area contributed by atoms with Crippen molar-refractivity contribution < 1.29 is 14.3 Å². The van der Waals surface area contributed by atoms with Crippen LogP contribution in [0, 0.1) is 0 Å². The lowest BCUT2D eigenvalue weighted by molar-refractivity contribution is 0.274. The largest absolute Gasteiger partial charge is 0.496 e. The molecule has 0 saturated carbocycles. The molecule has 0 radical (unpaired) electrons. The molecule has 4 heteroatoms. The Hall–Kier alpha value is -1.81. The summed E-state index contributed by atoms with van der Waals surface area (Å²) in [7, 11) is 1.50. The van der Waals surface area contributed by atoms with Gasteiger partial charge in [0.25, 0.3) is 0 Å². The van der Waals surface area contributed by atoms with Crippen LogP contribution in [0.25, 0.3) is 11.0 Å².